The van der Waals surface area contributed by atoms with E-state index in [1.807, 2.05) is 6.92 Å². The first-order valence-electron chi connectivity index (χ1n) is 3.94. The Morgan fingerprint density at radius 1 is 1.46 bits per heavy atom. The molecule has 0 aliphatic rings. The highest BCUT2D eigenvalue weighted by Crippen LogP contribution is 2.15. The van der Waals surface area contributed by atoms with Crippen molar-refractivity contribution in [2.75, 3.05) is 11.5 Å². The zero-order chi connectivity index (χ0) is 10.1. The van der Waals surface area contributed by atoms with Crippen LogP contribution >= 0.6 is 0 Å². The number of hydrogen-bond acceptors (Lipinski definition) is 5. The summed E-state index contributed by atoms with van der Waals surface area (Å²) in [6.07, 6.45) is 0. The molecule has 1 heterocycles. The summed E-state index contributed by atoms with van der Waals surface area (Å²) in [7, 11) is -3.34. The van der Waals surface area contributed by atoms with Gasteiger partial charge in [-0.25, -0.2) is 13.1 Å². The van der Waals surface area contributed by atoms with Crippen LogP contribution in [0.5, 0.6) is 0 Å². The molecule has 0 bridgehead atoms. The molecular formula is C6H12N4O2S. The minimum atomic E-state index is -3.34. The summed E-state index contributed by atoms with van der Waals surface area (Å²) in [5, 5.41) is 7.03. The van der Waals surface area contributed by atoms with Crippen LogP contribution in [0, 0.1) is 0 Å². The van der Waals surface area contributed by atoms with E-state index in [1.165, 1.54) is 4.68 Å². The molecule has 1 aromatic heterocycles. The standard InChI is InChI=1S/C6H12N4O2S/c1-3-10-5(7)6(8-9-10)13(11,12)4-2/h3-4,7H2,1-2H3. The number of hydrogen-bond donors (Lipinski definition) is 1. The number of sulfone groups is 1. The Bertz CT molecular complexity index is 395. The van der Waals surface area contributed by atoms with Crippen molar-refractivity contribution >= 4 is 15.7 Å². The molecule has 2 N–H and O–H groups in total. The highest BCUT2D eigenvalue weighted by Gasteiger charge is 2.21. The second-order valence-corrected chi connectivity index (χ2v) is 4.69. The highest BCUT2D eigenvalue weighted by atomic mass is 32.2. The first-order valence-corrected chi connectivity index (χ1v) is 5.59. The third kappa shape index (κ3) is 1.64. The number of nitrogen functional groups attached to an aromatic ring is 1. The van der Waals surface area contributed by atoms with Crippen LogP contribution in [0.2, 0.25) is 0 Å². The van der Waals surface area contributed by atoms with Crippen molar-refractivity contribution in [3.05, 3.63) is 0 Å². The van der Waals surface area contributed by atoms with Gasteiger partial charge in [0.15, 0.2) is 5.82 Å². The van der Waals surface area contributed by atoms with E-state index in [0.29, 0.717) is 6.54 Å². The highest BCUT2D eigenvalue weighted by molar-refractivity contribution is 7.91. The molecule has 7 heteroatoms. The van der Waals surface area contributed by atoms with Gasteiger partial charge in [-0.1, -0.05) is 12.1 Å². The van der Waals surface area contributed by atoms with Crippen molar-refractivity contribution in [2.24, 2.45) is 0 Å². The van der Waals surface area contributed by atoms with Gasteiger partial charge in [-0.3, -0.25) is 0 Å². The van der Waals surface area contributed by atoms with Crippen LogP contribution in [0.15, 0.2) is 5.03 Å². The van der Waals surface area contributed by atoms with Crippen LogP contribution in [0.25, 0.3) is 0 Å². The van der Waals surface area contributed by atoms with E-state index >= 15 is 0 Å². The minimum absolute atomic E-state index is 0.0143. The molecule has 0 saturated heterocycles. The number of nitrogens with zero attached hydrogens (tertiary/aromatic N) is 3. The molecule has 74 valence electrons. The van der Waals surface area contributed by atoms with Crippen LogP contribution < -0.4 is 5.73 Å². The Balaban J connectivity index is 3.25. The van der Waals surface area contributed by atoms with E-state index in [9.17, 15) is 8.42 Å². The van der Waals surface area contributed by atoms with Gasteiger partial charge in [-0.05, 0) is 6.92 Å². The monoisotopic (exact) mass is 204 g/mol. The molecule has 0 unspecified atom stereocenters. The fraction of sp³-hybridized carbons (Fsp3) is 0.667. The van der Waals surface area contributed by atoms with Crippen LogP contribution in [0.1, 0.15) is 13.8 Å². The molecule has 13 heavy (non-hydrogen) atoms. The zero-order valence-corrected chi connectivity index (χ0v) is 8.37. The molecule has 0 atom stereocenters. The van der Waals surface area contributed by atoms with Gasteiger partial charge in [0.2, 0.25) is 14.9 Å². The lowest BCUT2D eigenvalue weighted by Gasteiger charge is -1.98. The lowest BCUT2D eigenvalue weighted by atomic mass is 10.7. The normalized spacial score (nSPS) is 11.8. The van der Waals surface area contributed by atoms with Crippen molar-refractivity contribution in [3.63, 3.8) is 0 Å². The lowest BCUT2D eigenvalue weighted by Crippen LogP contribution is -2.09. The fourth-order valence-corrected chi connectivity index (χ4v) is 1.75. The number of aromatic nitrogens is 3. The maximum absolute atomic E-state index is 11.4. The maximum atomic E-state index is 11.4. The SMILES string of the molecule is CCn1nnc(S(=O)(=O)CC)c1N. The number of nitrogens with two attached hydrogens (primary N) is 1. The van der Waals surface area contributed by atoms with Crippen LogP contribution in [0.3, 0.4) is 0 Å². The third-order valence-electron chi connectivity index (χ3n) is 1.71. The molecule has 0 radical (unpaired) electrons. The van der Waals surface area contributed by atoms with Gasteiger partial charge in [-0.2, -0.15) is 0 Å². The quantitative estimate of drug-likeness (QED) is 0.728. The average Bonchev–Trinajstić information content (AvgIpc) is 2.47. The molecule has 1 rings (SSSR count). The van der Waals surface area contributed by atoms with Crippen LogP contribution in [-0.4, -0.2) is 29.2 Å². The van der Waals surface area contributed by atoms with Gasteiger partial charge in [0, 0.05) is 6.54 Å². The van der Waals surface area contributed by atoms with Gasteiger partial charge >= 0.3 is 0 Å². The second-order valence-electron chi connectivity index (χ2n) is 2.50. The Kier molecular flexibility index (Phi) is 2.55. The molecule has 0 aliphatic heterocycles. The first kappa shape index (κ1) is 9.97. The molecule has 0 amide bonds. The molecule has 0 aromatic carbocycles. The fourth-order valence-electron chi connectivity index (χ4n) is 0.896. The maximum Gasteiger partial charge on any atom is 0.220 e. The Morgan fingerprint density at radius 2 is 2.08 bits per heavy atom. The summed E-state index contributed by atoms with van der Waals surface area (Å²) in [5.74, 6) is 0.101. The largest absolute Gasteiger partial charge is 0.381 e. The van der Waals surface area contributed by atoms with Gasteiger partial charge < -0.3 is 5.73 Å². The average molecular weight is 204 g/mol. The van der Waals surface area contributed by atoms with Gasteiger partial charge in [0.25, 0.3) is 0 Å². The van der Waals surface area contributed by atoms with Gasteiger partial charge in [0.05, 0.1) is 5.75 Å². The summed E-state index contributed by atoms with van der Waals surface area (Å²) in [5.41, 5.74) is 5.53. The summed E-state index contributed by atoms with van der Waals surface area (Å²) in [6.45, 7) is 3.87. The molecule has 6 nitrogen and oxygen atoms in total. The molecule has 0 fully saturated rings. The summed E-state index contributed by atoms with van der Waals surface area (Å²) >= 11 is 0. The predicted molar refractivity (Wildman–Crippen MR) is 47.8 cm³/mol. The first-order chi connectivity index (χ1) is 6.03. The zero-order valence-electron chi connectivity index (χ0n) is 7.56. The second kappa shape index (κ2) is 3.33. The number of anilines is 1. The molecule has 1 aromatic rings. The minimum Gasteiger partial charge on any atom is -0.381 e. The van der Waals surface area contributed by atoms with Gasteiger partial charge in [0.1, 0.15) is 0 Å². The topological polar surface area (TPSA) is 90.9 Å². The summed E-state index contributed by atoms with van der Waals surface area (Å²) in [4.78, 5) is 0. The molecule has 0 aliphatic carbocycles. The van der Waals surface area contributed by atoms with E-state index in [2.05, 4.69) is 10.3 Å². The Morgan fingerprint density at radius 3 is 2.46 bits per heavy atom. The summed E-state index contributed by atoms with van der Waals surface area (Å²) in [6, 6.07) is 0. The number of rotatable bonds is 3. The van der Waals surface area contributed by atoms with Crippen molar-refractivity contribution in [1.82, 2.24) is 15.0 Å². The molecule has 0 saturated carbocycles. The van der Waals surface area contributed by atoms with E-state index in [4.69, 9.17) is 5.73 Å². The van der Waals surface area contributed by atoms with Crippen molar-refractivity contribution in [1.29, 1.82) is 0 Å². The van der Waals surface area contributed by atoms with Crippen molar-refractivity contribution < 1.29 is 8.42 Å². The lowest BCUT2D eigenvalue weighted by molar-refractivity contribution is 0.593. The number of aryl methyl sites for hydroxylation is 1. The van der Waals surface area contributed by atoms with E-state index < -0.39 is 9.84 Å². The van der Waals surface area contributed by atoms with E-state index in [-0.39, 0.29) is 16.6 Å². The predicted octanol–water partition coefficient (Wildman–Crippen LogP) is -0.326. The molecular weight excluding hydrogens is 192 g/mol. The molecule has 0 spiro atoms. The Hall–Kier alpha value is -1.11. The van der Waals surface area contributed by atoms with E-state index in [0.717, 1.165) is 0 Å². The van der Waals surface area contributed by atoms with Crippen LogP contribution in [0.4, 0.5) is 5.82 Å². The van der Waals surface area contributed by atoms with Crippen molar-refractivity contribution in [3.8, 4) is 0 Å². The van der Waals surface area contributed by atoms with Crippen molar-refractivity contribution in [2.45, 2.75) is 25.4 Å². The van der Waals surface area contributed by atoms with E-state index in [1.54, 1.807) is 6.92 Å². The summed E-state index contributed by atoms with van der Waals surface area (Å²) < 4.78 is 24.1. The van der Waals surface area contributed by atoms with Crippen LogP contribution in [-0.2, 0) is 16.4 Å². The van der Waals surface area contributed by atoms with Gasteiger partial charge in [-0.15, -0.1) is 5.10 Å². The smallest absolute Gasteiger partial charge is 0.220 e. The Labute approximate surface area is 76.7 Å². The third-order valence-corrected chi connectivity index (χ3v) is 3.35.